The third kappa shape index (κ3) is 5.00. The van der Waals surface area contributed by atoms with Crippen molar-refractivity contribution >= 4 is 82.6 Å². The van der Waals surface area contributed by atoms with Crippen molar-refractivity contribution in [3.8, 4) is 16.8 Å². The van der Waals surface area contributed by atoms with Gasteiger partial charge in [0.2, 0.25) is 0 Å². The van der Waals surface area contributed by atoms with E-state index in [1.807, 2.05) is 6.07 Å². The van der Waals surface area contributed by atoms with E-state index in [0.717, 1.165) is 50.2 Å². The Morgan fingerprint density at radius 3 is 1.91 bits per heavy atom. The SMILES string of the molecule is c1ccc(-n2c3ccccc3c3c(N(c4ccc(-c5ccc6c7ccccc7n(C7CCCC7)c6c5)cc4)c4ccc5c(c4)oc4ccccc45)cccc32)cc1. The second-order valence-electron chi connectivity index (χ2n) is 15.6. The molecule has 1 aliphatic rings. The Morgan fingerprint density at radius 2 is 1.07 bits per heavy atom. The van der Waals surface area contributed by atoms with Crippen LogP contribution < -0.4 is 4.90 Å². The topological polar surface area (TPSA) is 26.2 Å². The van der Waals surface area contributed by atoms with E-state index in [1.165, 1.54) is 74.9 Å². The van der Waals surface area contributed by atoms with Gasteiger partial charge in [0.25, 0.3) is 0 Å². The minimum absolute atomic E-state index is 0.554. The number of fused-ring (bicyclic) bond motifs is 9. The van der Waals surface area contributed by atoms with Gasteiger partial charge in [0, 0.05) is 72.5 Å². The number of rotatable bonds is 6. The molecule has 1 fully saturated rings. The molecule has 3 aromatic heterocycles. The van der Waals surface area contributed by atoms with Crippen LogP contribution in [0.3, 0.4) is 0 Å². The molecule has 4 heteroatoms. The fourth-order valence-electron chi connectivity index (χ4n) is 9.86. The van der Waals surface area contributed by atoms with Crippen LogP contribution in [0.4, 0.5) is 17.1 Å². The van der Waals surface area contributed by atoms with E-state index >= 15 is 0 Å². The lowest BCUT2D eigenvalue weighted by Gasteiger charge is -2.27. The van der Waals surface area contributed by atoms with E-state index < -0.39 is 0 Å². The maximum Gasteiger partial charge on any atom is 0.137 e. The van der Waals surface area contributed by atoms with Crippen molar-refractivity contribution in [3.05, 3.63) is 182 Å². The number of para-hydroxylation sites is 4. The van der Waals surface area contributed by atoms with Crippen LogP contribution in [0.15, 0.2) is 186 Å². The van der Waals surface area contributed by atoms with Crippen molar-refractivity contribution in [1.82, 2.24) is 9.13 Å². The van der Waals surface area contributed by atoms with Gasteiger partial charge in [-0.3, -0.25) is 0 Å². The van der Waals surface area contributed by atoms with Gasteiger partial charge in [-0.1, -0.05) is 116 Å². The van der Waals surface area contributed by atoms with Gasteiger partial charge in [-0.05, 0) is 96.8 Å². The summed E-state index contributed by atoms with van der Waals surface area (Å²) in [5.74, 6) is 0. The van der Waals surface area contributed by atoms with Crippen LogP contribution in [0.25, 0.3) is 82.4 Å². The standard InChI is InChI=1S/C53H39N3O/c1-2-13-37(14-3-1)55-47-21-10-7-19-45(47)53-48(22-12-23-49(53)55)54(40-30-32-44-43-18-8-11-24-51(43)57-52(44)34-40)39-28-25-35(26-29-39)36-27-31-42-41-17-6-9-20-46(41)56(50(42)33-36)38-15-4-5-16-38/h1-3,6-14,17-34,38H,4-5,15-16H2. The van der Waals surface area contributed by atoms with E-state index in [4.69, 9.17) is 4.42 Å². The Bertz CT molecular complexity index is 3310. The van der Waals surface area contributed by atoms with Gasteiger partial charge in [0.1, 0.15) is 11.2 Å². The molecule has 272 valence electrons. The summed E-state index contributed by atoms with van der Waals surface area (Å²) < 4.78 is 11.5. The molecule has 0 atom stereocenters. The van der Waals surface area contributed by atoms with E-state index in [-0.39, 0.29) is 0 Å². The van der Waals surface area contributed by atoms with Gasteiger partial charge in [0.05, 0.1) is 16.7 Å². The highest BCUT2D eigenvalue weighted by Gasteiger charge is 2.24. The monoisotopic (exact) mass is 733 g/mol. The van der Waals surface area contributed by atoms with Gasteiger partial charge in [-0.25, -0.2) is 0 Å². The van der Waals surface area contributed by atoms with Crippen LogP contribution in [-0.2, 0) is 0 Å². The Labute approximate surface area is 330 Å². The zero-order chi connectivity index (χ0) is 37.5. The Kier molecular flexibility index (Phi) is 7.21. The first-order valence-corrected chi connectivity index (χ1v) is 20.2. The van der Waals surface area contributed by atoms with Crippen molar-refractivity contribution in [2.75, 3.05) is 4.90 Å². The first-order chi connectivity index (χ1) is 28.3. The number of nitrogens with zero attached hydrogens (tertiary/aromatic N) is 3. The molecule has 8 aromatic carbocycles. The van der Waals surface area contributed by atoms with Gasteiger partial charge >= 0.3 is 0 Å². The predicted octanol–water partition coefficient (Wildman–Crippen LogP) is 15.0. The lowest BCUT2D eigenvalue weighted by Crippen LogP contribution is -2.10. The second kappa shape index (κ2) is 12.8. The van der Waals surface area contributed by atoms with Crippen LogP contribution in [0.5, 0.6) is 0 Å². The molecule has 0 spiro atoms. The number of hydrogen-bond donors (Lipinski definition) is 0. The Hall–Kier alpha value is -7.04. The van der Waals surface area contributed by atoms with Gasteiger partial charge in [-0.2, -0.15) is 0 Å². The smallest absolute Gasteiger partial charge is 0.137 e. The maximum atomic E-state index is 6.48. The number of anilines is 3. The van der Waals surface area contributed by atoms with Gasteiger partial charge < -0.3 is 18.5 Å². The Morgan fingerprint density at radius 1 is 0.439 bits per heavy atom. The molecule has 0 unspecified atom stereocenters. The zero-order valence-electron chi connectivity index (χ0n) is 31.5. The zero-order valence-corrected chi connectivity index (χ0v) is 31.5. The quantitative estimate of drug-likeness (QED) is 0.170. The molecule has 0 aliphatic heterocycles. The molecular weight excluding hydrogens is 695 g/mol. The largest absolute Gasteiger partial charge is 0.456 e. The third-order valence-corrected chi connectivity index (χ3v) is 12.4. The highest BCUT2D eigenvalue weighted by molar-refractivity contribution is 6.17. The Balaban J connectivity index is 1.05. The highest BCUT2D eigenvalue weighted by atomic mass is 16.3. The molecule has 0 radical (unpaired) electrons. The first kappa shape index (κ1) is 32.2. The second-order valence-corrected chi connectivity index (χ2v) is 15.6. The van der Waals surface area contributed by atoms with Crippen molar-refractivity contribution in [2.45, 2.75) is 31.7 Å². The molecule has 12 rings (SSSR count). The summed E-state index contributed by atoms with van der Waals surface area (Å²) in [6.45, 7) is 0. The highest BCUT2D eigenvalue weighted by Crippen LogP contribution is 2.46. The predicted molar refractivity (Wildman–Crippen MR) is 239 cm³/mol. The van der Waals surface area contributed by atoms with Gasteiger partial charge in [0.15, 0.2) is 0 Å². The molecule has 0 amide bonds. The number of aromatic nitrogens is 2. The summed E-state index contributed by atoms with van der Waals surface area (Å²) in [7, 11) is 0. The minimum atomic E-state index is 0.554. The van der Waals surface area contributed by atoms with Crippen molar-refractivity contribution in [3.63, 3.8) is 0 Å². The molecule has 0 saturated heterocycles. The summed E-state index contributed by atoms with van der Waals surface area (Å²) in [4.78, 5) is 2.40. The summed E-state index contributed by atoms with van der Waals surface area (Å²) in [5, 5.41) is 7.36. The summed E-state index contributed by atoms with van der Waals surface area (Å²) in [6.07, 6.45) is 5.11. The van der Waals surface area contributed by atoms with E-state index in [0.29, 0.717) is 6.04 Å². The third-order valence-electron chi connectivity index (χ3n) is 12.4. The molecule has 11 aromatic rings. The fourth-order valence-corrected chi connectivity index (χ4v) is 9.86. The lowest BCUT2D eigenvalue weighted by molar-refractivity contribution is 0.550. The molecule has 1 aliphatic carbocycles. The molecule has 3 heterocycles. The molecule has 0 N–H and O–H groups in total. The maximum absolute atomic E-state index is 6.48. The molecule has 57 heavy (non-hydrogen) atoms. The van der Waals surface area contributed by atoms with Crippen molar-refractivity contribution < 1.29 is 4.42 Å². The van der Waals surface area contributed by atoms with E-state index in [9.17, 15) is 0 Å². The number of benzene rings is 8. The first-order valence-electron chi connectivity index (χ1n) is 20.2. The number of hydrogen-bond acceptors (Lipinski definition) is 2. The summed E-state index contributed by atoms with van der Waals surface area (Å²) in [5.41, 5.74) is 13.6. The normalized spacial score (nSPS) is 13.6. The van der Waals surface area contributed by atoms with Crippen LogP contribution in [0, 0.1) is 0 Å². The molecule has 1 saturated carbocycles. The summed E-state index contributed by atoms with van der Waals surface area (Å²) >= 11 is 0. The number of furan rings is 1. The molecular formula is C53H39N3O. The van der Waals surface area contributed by atoms with Crippen LogP contribution in [-0.4, -0.2) is 9.13 Å². The molecule has 0 bridgehead atoms. The summed E-state index contributed by atoms with van der Waals surface area (Å²) in [6, 6.07) is 66.8. The van der Waals surface area contributed by atoms with Gasteiger partial charge in [-0.15, -0.1) is 0 Å². The lowest BCUT2D eigenvalue weighted by atomic mass is 10.0. The van der Waals surface area contributed by atoms with E-state index in [1.54, 1.807) is 0 Å². The van der Waals surface area contributed by atoms with Crippen molar-refractivity contribution in [1.29, 1.82) is 0 Å². The van der Waals surface area contributed by atoms with Crippen LogP contribution >= 0.6 is 0 Å². The van der Waals surface area contributed by atoms with Crippen LogP contribution in [0.1, 0.15) is 31.7 Å². The average Bonchev–Trinajstić information content (AvgIpc) is 4.07. The molecule has 4 nitrogen and oxygen atoms in total. The van der Waals surface area contributed by atoms with Crippen molar-refractivity contribution in [2.24, 2.45) is 0 Å². The average molecular weight is 734 g/mol. The fraction of sp³-hybridized carbons (Fsp3) is 0.0943. The van der Waals surface area contributed by atoms with Crippen LogP contribution in [0.2, 0.25) is 0 Å². The van der Waals surface area contributed by atoms with E-state index in [2.05, 4.69) is 190 Å². The minimum Gasteiger partial charge on any atom is -0.456 e.